The van der Waals surface area contributed by atoms with Crippen molar-refractivity contribution >= 4 is 34.4 Å². The number of alkyl halides is 1. The van der Waals surface area contributed by atoms with Crippen molar-refractivity contribution in [3.8, 4) is 28.5 Å². The Bertz CT molecular complexity index is 1370. The average Bonchev–Trinajstić information content (AvgIpc) is 3.47. The van der Waals surface area contributed by atoms with Gasteiger partial charge in [-0.1, -0.05) is 0 Å². The zero-order valence-corrected chi connectivity index (χ0v) is 22.4. The molecule has 2 aromatic heterocycles. The van der Waals surface area contributed by atoms with Gasteiger partial charge in [0.15, 0.2) is 11.5 Å². The molecule has 11 heteroatoms. The lowest BCUT2D eigenvalue weighted by Gasteiger charge is -2.28. The predicted molar refractivity (Wildman–Crippen MR) is 145 cm³/mol. The Labute approximate surface area is 231 Å². The summed E-state index contributed by atoms with van der Waals surface area (Å²) in [6.07, 6.45) is 9.21. The average molecular weight is 554 g/mol. The van der Waals surface area contributed by atoms with Gasteiger partial charge in [-0.05, 0) is 63.0 Å². The van der Waals surface area contributed by atoms with E-state index in [4.69, 9.17) is 25.8 Å². The Morgan fingerprint density at radius 3 is 2.74 bits per heavy atom. The molecule has 3 aromatic rings. The fraction of sp³-hybridized carbons (Fsp3) is 0.500. The molecule has 3 heterocycles. The molecule has 2 fully saturated rings. The molecule has 0 radical (unpaired) electrons. The number of nitrogens with zero attached hydrogens (tertiary/aromatic N) is 2. The third kappa shape index (κ3) is 5.48. The molecule has 206 valence electrons. The van der Waals surface area contributed by atoms with E-state index in [1.165, 1.54) is 19.2 Å². The summed E-state index contributed by atoms with van der Waals surface area (Å²) in [6, 6.07) is 3.73. The Hall–Kier alpha value is -3.53. The smallest absolute Gasteiger partial charge is 0.255 e. The van der Waals surface area contributed by atoms with Crippen LogP contribution < -0.4 is 24.8 Å². The normalized spacial score (nSPS) is 20.1. The predicted octanol–water partition coefficient (Wildman–Crippen LogP) is 4.18. The van der Waals surface area contributed by atoms with Crippen molar-refractivity contribution in [3.05, 3.63) is 30.2 Å². The van der Waals surface area contributed by atoms with Crippen LogP contribution in [0.5, 0.6) is 17.2 Å². The fourth-order valence-corrected chi connectivity index (χ4v) is 5.41. The molecule has 6 rings (SSSR count). The van der Waals surface area contributed by atoms with Crippen LogP contribution in [0.15, 0.2) is 24.7 Å². The van der Waals surface area contributed by atoms with Crippen molar-refractivity contribution in [1.29, 1.82) is 0 Å². The fourth-order valence-electron chi connectivity index (χ4n) is 5.28. The number of carbonyl (C=O) groups excluding carboxylic acids is 2. The number of fused-ring (bicyclic) bond motifs is 2. The van der Waals surface area contributed by atoms with Crippen molar-refractivity contribution in [1.82, 2.24) is 25.6 Å². The third-order valence-electron chi connectivity index (χ3n) is 7.66. The van der Waals surface area contributed by atoms with Crippen LogP contribution in [0.1, 0.15) is 55.3 Å². The second-order valence-electron chi connectivity index (χ2n) is 10.4. The summed E-state index contributed by atoms with van der Waals surface area (Å²) >= 11 is 5.69. The number of carbonyl (C=O) groups is 2. The molecule has 0 unspecified atom stereocenters. The van der Waals surface area contributed by atoms with E-state index in [2.05, 4.69) is 25.6 Å². The van der Waals surface area contributed by atoms with E-state index < -0.39 is 0 Å². The van der Waals surface area contributed by atoms with Gasteiger partial charge >= 0.3 is 0 Å². The van der Waals surface area contributed by atoms with E-state index in [9.17, 15) is 9.59 Å². The summed E-state index contributed by atoms with van der Waals surface area (Å²) in [4.78, 5) is 37.9. The van der Waals surface area contributed by atoms with Crippen molar-refractivity contribution in [2.45, 2.75) is 51.0 Å². The number of hydrogen-bond acceptors (Lipinski definition) is 7. The number of nitrogens with one attached hydrogen (secondary N) is 3. The Morgan fingerprint density at radius 1 is 1.10 bits per heavy atom. The summed E-state index contributed by atoms with van der Waals surface area (Å²) < 4.78 is 17.6. The summed E-state index contributed by atoms with van der Waals surface area (Å²) in [5.74, 6) is 2.83. The van der Waals surface area contributed by atoms with E-state index >= 15 is 0 Å². The van der Waals surface area contributed by atoms with Gasteiger partial charge in [0.05, 0.1) is 23.3 Å². The highest BCUT2D eigenvalue weighted by molar-refractivity contribution is 6.17. The molecule has 2 amide bonds. The van der Waals surface area contributed by atoms with Crippen LogP contribution in [-0.4, -0.2) is 58.6 Å². The molecule has 3 aliphatic rings. The molecule has 0 spiro atoms. The molecule has 2 saturated carbocycles. The van der Waals surface area contributed by atoms with Crippen molar-refractivity contribution < 1.29 is 23.8 Å². The zero-order valence-electron chi connectivity index (χ0n) is 21.6. The number of H-pyrrole nitrogens is 1. The number of ether oxygens (including phenoxy) is 3. The van der Waals surface area contributed by atoms with E-state index in [-0.39, 0.29) is 30.6 Å². The summed E-state index contributed by atoms with van der Waals surface area (Å²) in [6.45, 7) is 1.36. The van der Waals surface area contributed by atoms with Crippen LogP contribution in [-0.2, 0) is 4.79 Å². The maximum atomic E-state index is 13.3. The maximum Gasteiger partial charge on any atom is 0.255 e. The first kappa shape index (κ1) is 25.7. The van der Waals surface area contributed by atoms with Crippen LogP contribution >= 0.6 is 11.6 Å². The lowest BCUT2D eigenvalue weighted by Crippen LogP contribution is -2.41. The minimum Gasteiger partial charge on any atom is -0.492 e. The number of aromatic nitrogens is 3. The monoisotopic (exact) mass is 553 g/mol. The van der Waals surface area contributed by atoms with Crippen LogP contribution in [0.3, 0.4) is 0 Å². The lowest BCUT2D eigenvalue weighted by atomic mass is 9.85. The van der Waals surface area contributed by atoms with E-state index in [1.807, 2.05) is 12.1 Å². The maximum absolute atomic E-state index is 13.3. The van der Waals surface area contributed by atoms with Gasteiger partial charge in [0.2, 0.25) is 12.7 Å². The van der Waals surface area contributed by atoms with E-state index in [0.717, 1.165) is 32.1 Å². The van der Waals surface area contributed by atoms with Gasteiger partial charge in [-0.2, -0.15) is 0 Å². The molecular formula is C28H32ClN5O5. The van der Waals surface area contributed by atoms with Crippen LogP contribution in [0, 0.1) is 11.8 Å². The van der Waals surface area contributed by atoms with Crippen LogP contribution in [0.25, 0.3) is 22.3 Å². The van der Waals surface area contributed by atoms with E-state index in [0.29, 0.717) is 70.1 Å². The quantitative estimate of drug-likeness (QED) is 0.254. The molecule has 0 bridgehead atoms. The van der Waals surface area contributed by atoms with Crippen molar-refractivity contribution in [3.63, 3.8) is 0 Å². The third-order valence-corrected chi connectivity index (χ3v) is 7.93. The molecule has 3 N–H and O–H groups in total. The van der Waals surface area contributed by atoms with Gasteiger partial charge in [0, 0.05) is 30.6 Å². The Balaban J connectivity index is 1.19. The molecular weight excluding hydrogens is 522 g/mol. The highest BCUT2D eigenvalue weighted by Crippen LogP contribution is 2.48. The number of amides is 2. The Kier molecular flexibility index (Phi) is 7.45. The number of aromatic amines is 1. The van der Waals surface area contributed by atoms with Gasteiger partial charge in [-0.3, -0.25) is 9.59 Å². The summed E-state index contributed by atoms with van der Waals surface area (Å²) in [5, 5.41) is 6.09. The molecule has 0 atom stereocenters. The van der Waals surface area contributed by atoms with Gasteiger partial charge in [0.1, 0.15) is 23.3 Å². The largest absolute Gasteiger partial charge is 0.492 e. The van der Waals surface area contributed by atoms with Gasteiger partial charge in [0.25, 0.3) is 5.91 Å². The SMILES string of the molecule is O=C(NC1CCC(C(=O)NCCCCl)CC1)c1c[nH]c2c(-c3c(OCC4CC4)ccc4c3OCO4)ncnc12. The first-order chi connectivity index (χ1) is 19.1. The first-order valence-corrected chi connectivity index (χ1v) is 14.2. The minimum atomic E-state index is -0.205. The molecule has 2 aliphatic carbocycles. The van der Waals surface area contributed by atoms with E-state index in [1.54, 1.807) is 6.20 Å². The molecule has 0 saturated heterocycles. The standard InChI is InChI=1S/C28H32ClN5O5/c29-10-1-11-30-27(35)17-4-6-18(7-5-17)34-28(36)19-12-31-25-23(19)32-14-33-24(25)22-20(37-13-16-2-3-16)8-9-21-26(22)39-15-38-21/h8-9,12,14,16-18,31H,1-7,10-11,13,15H2,(H,30,35)(H,34,36). The highest BCUT2D eigenvalue weighted by atomic mass is 35.5. The molecule has 1 aromatic carbocycles. The van der Waals surface area contributed by atoms with Crippen LogP contribution in [0.2, 0.25) is 0 Å². The lowest BCUT2D eigenvalue weighted by molar-refractivity contribution is -0.126. The van der Waals surface area contributed by atoms with Gasteiger partial charge < -0.3 is 29.8 Å². The van der Waals surface area contributed by atoms with Gasteiger partial charge in [-0.25, -0.2) is 9.97 Å². The van der Waals surface area contributed by atoms with Gasteiger partial charge in [-0.15, -0.1) is 11.6 Å². The highest BCUT2D eigenvalue weighted by Gasteiger charge is 2.30. The number of rotatable bonds is 10. The minimum absolute atomic E-state index is 0.000942. The summed E-state index contributed by atoms with van der Waals surface area (Å²) in [5.41, 5.74) is 2.87. The second-order valence-corrected chi connectivity index (χ2v) is 10.8. The second kappa shape index (κ2) is 11.3. The number of halogens is 1. The molecule has 10 nitrogen and oxygen atoms in total. The summed E-state index contributed by atoms with van der Waals surface area (Å²) in [7, 11) is 0. The molecule has 1 aliphatic heterocycles. The topological polar surface area (TPSA) is 127 Å². The zero-order chi connectivity index (χ0) is 26.8. The van der Waals surface area contributed by atoms with Crippen molar-refractivity contribution in [2.24, 2.45) is 11.8 Å². The number of hydrogen-bond donors (Lipinski definition) is 3. The first-order valence-electron chi connectivity index (χ1n) is 13.6. The van der Waals surface area contributed by atoms with Crippen molar-refractivity contribution in [2.75, 3.05) is 25.8 Å². The number of benzene rings is 1. The van der Waals surface area contributed by atoms with Crippen LogP contribution in [0.4, 0.5) is 0 Å². The molecule has 39 heavy (non-hydrogen) atoms. The Morgan fingerprint density at radius 2 is 1.95 bits per heavy atom.